The number of fused-ring (bicyclic) bond motifs is 8. The molecule has 0 unspecified atom stereocenters. The molecule has 40 heavy (non-hydrogen) atoms. The number of aryl methyl sites for hydroxylation is 2. The first-order valence-electron chi connectivity index (χ1n) is 13.6. The van der Waals surface area contributed by atoms with Crippen LogP contribution < -0.4 is 0 Å². The lowest BCUT2D eigenvalue weighted by Gasteiger charge is -2.17. The molecule has 9 aromatic rings. The molecule has 4 heterocycles. The Labute approximate surface area is 238 Å². The molecule has 5 aromatic carbocycles. The third kappa shape index (κ3) is 2.87. The highest BCUT2D eigenvalue weighted by Gasteiger charge is 2.25. The van der Waals surface area contributed by atoms with Crippen molar-refractivity contribution < 1.29 is 0 Å². The van der Waals surface area contributed by atoms with Gasteiger partial charge in [-0.05, 0) is 50.2 Å². The lowest BCUT2D eigenvalue weighted by atomic mass is 10.1. The fourth-order valence-electron chi connectivity index (χ4n) is 6.75. The van der Waals surface area contributed by atoms with Crippen LogP contribution in [-0.2, 0) is 0 Å². The van der Waals surface area contributed by atoms with Crippen LogP contribution in [0.2, 0.25) is 0 Å². The molecular formula is C36H24N2S2. The highest BCUT2D eigenvalue weighted by Crippen LogP contribution is 2.48. The quantitative estimate of drug-likeness (QED) is 0.203. The Morgan fingerprint density at radius 1 is 0.400 bits per heavy atom. The van der Waals surface area contributed by atoms with Gasteiger partial charge in [0.25, 0.3) is 0 Å². The highest BCUT2D eigenvalue weighted by molar-refractivity contribution is 7.21. The normalized spacial score (nSPS) is 12.2. The molecule has 4 aromatic heterocycles. The Morgan fingerprint density at radius 2 is 0.700 bits per heavy atom. The van der Waals surface area contributed by atoms with Crippen molar-refractivity contribution in [3.05, 3.63) is 119 Å². The van der Waals surface area contributed by atoms with Gasteiger partial charge in [-0.25, -0.2) is 0 Å². The summed E-state index contributed by atoms with van der Waals surface area (Å²) < 4.78 is 7.72. The van der Waals surface area contributed by atoms with E-state index < -0.39 is 0 Å². The topological polar surface area (TPSA) is 9.86 Å². The summed E-state index contributed by atoms with van der Waals surface area (Å²) in [5.74, 6) is 0. The molecule has 0 N–H and O–H groups in total. The van der Waals surface area contributed by atoms with E-state index in [-0.39, 0.29) is 0 Å². The van der Waals surface area contributed by atoms with E-state index in [1.54, 1.807) is 0 Å². The van der Waals surface area contributed by atoms with Crippen molar-refractivity contribution in [1.82, 2.24) is 9.13 Å². The van der Waals surface area contributed by atoms with Crippen molar-refractivity contribution in [2.75, 3.05) is 0 Å². The van der Waals surface area contributed by atoms with Crippen molar-refractivity contribution in [2.24, 2.45) is 0 Å². The number of hydrogen-bond donors (Lipinski definition) is 0. The summed E-state index contributed by atoms with van der Waals surface area (Å²) >= 11 is 3.82. The maximum Gasteiger partial charge on any atom is 0.0729 e. The first-order valence-corrected chi connectivity index (χ1v) is 15.3. The largest absolute Gasteiger partial charge is 0.307 e. The van der Waals surface area contributed by atoms with Crippen LogP contribution in [0, 0.1) is 13.8 Å². The molecule has 0 atom stereocenters. The third-order valence-electron chi connectivity index (χ3n) is 8.26. The van der Waals surface area contributed by atoms with Gasteiger partial charge in [-0.3, -0.25) is 0 Å². The number of rotatable bonds is 2. The van der Waals surface area contributed by atoms with E-state index in [1.807, 2.05) is 22.7 Å². The highest BCUT2D eigenvalue weighted by atomic mass is 32.1. The monoisotopic (exact) mass is 548 g/mol. The van der Waals surface area contributed by atoms with Crippen molar-refractivity contribution in [1.29, 1.82) is 0 Å². The van der Waals surface area contributed by atoms with Crippen molar-refractivity contribution in [3.8, 4) is 11.4 Å². The summed E-state index contributed by atoms with van der Waals surface area (Å²) in [4.78, 5) is 2.65. The van der Waals surface area contributed by atoms with Crippen LogP contribution in [0.5, 0.6) is 0 Å². The molecule has 0 aliphatic heterocycles. The van der Waals surface area contributed by atoms with Crippen LogP contribution in [0.1, 0.15) is 9.75 Å². The predicted octanol–water partition coefficient (Wildman–Crippen LogP) is 10.9. The maximum atomic E-state index is 2.52. The second-order valence-electron chi connectivity index (χ2n) is 10.6. The van der Waals surface area contributed by atoms with Gasteiger partial charge in [0.05, 0.1) is 42.8 Å². The summed E-state index contributed by atoms with van der Waals surface area (Å²) in [5.41, 5.74) is 7.62. The lowest BCUT2D eigenvalue weighted by molar-refractivity contribution is 1.20. The van der Waals surface area contributed by atoms with Crippen LogP contribution in [0.15, 0.2) is 109 Å². The van der Waals surface area contributed by atoms with Gasteiger partial charge >= 0.3 is 0 Å². The zero-order chi connectivity index (χ0) is 26.5. The number of para-hydroxylation sites is 4. The van der Waals surface area contributed by atoms with Gasteiger partial charge in [0.15, 0.2) is 0 Å². The van der Waals surface area contributed by atoms with E-state index in [9.17, 15) is 0 Å². The van der Waals surface area contributed by atoms with Crippen molar-refractivity contribution in [3.63, 3.8) is 0 Å². The minimum atomic E-state index is 1.26. The Balaban J connectivity index is 1.54. The molecule has 0 radical (unpaired) electrons. The Kier molecular flexibility index (Phi) is 4.53. The molecule has 0 aliphatic carbocycles. The first kappa shape index (κ1) is 22.4. The Morgan fingerprint density at radius 3 is 1.02 bits per heavy atom. The van der Waals surface area contributed by atoms with E-state index in [2.05, 4.69) is 132 Å². The van der Waals surface area contributed by atoms with E-state index in [1.165, 1.54) is 84.9 Å². The molecule has 190 valence electrons. The molecule has 0 bridgehead atoms. The second kappa shape index (κ2) is 8.07. The molecule has 0 saturated carbocycles. The number of nitrogens with zero attached hydrogens (tertiary/aromatic N) is 2. The zero-order valence-corrected chi connectivity index (χ0v) is 23.7. The molecule has 2 nitrogen and oxygen atoms in total. The number of hydrogen-bond acceptors (Lipinski definition) is 2. The second-order valence-corrected chi connectivity index (χ2v) is 13.1. The van der Waals surface area contributed by atoms with Gasteiger partial charge in [-0.1, -0.05) is 72.8 Å². The number of benzene rings is 5. The molecule has 0 aliphatic rings. The molecule has 0 saturated heterocycles. The fraction of sp³-hybridized carbons (Fsp3) is 0.0556. The van der Waals surface area contributed by atoms with Crippen LogP contribution in [0.3, 0.4) is 0 Å². The summed E-state index contributed by atoms with van der Waals surface area (Å²) in [6.45, 7) is 4.49. The average Bonchev–Trinajstić information content (AvgIpc) is 3.73. The Bertz CT molecular complexity index is 2130. The minimum absolute atomic E-state index is 1.26. The smallest absolute Gasteiger partial charge is 0.0729 e. The van der Waals surface area contributed by atoms with Gasteiger partial charge < -0.3 is 9.13 Å². The fourth-order valence-corrected chi connectivity index (χ4v) is 8.87. The summed E-state index contributed by atoms with van der Waals surface area (Å²) in [7, 11) is 0. The maximum absolute atomic E-state index is 2.52. The molecule has 0 spiro atoms. The van der Waals surface area contributed by atoms with Crippen LogP contribution in [0.4, 0.5) is 0 Å². The minimum Gasteiger partial charge on any atom is -0.307 e. The SMILES string of the molecule is Cc1cc2c(-n3c4ccccc4c4ccccc43)c3sc(C)cc3c(-n3c4ccccc4c4ccccc43)c2s1. The molecular weight excluding hydrogens is 525 g/mol. The van der Waals surface area contributed by atoms with E-state index in [0.717, 1.165) is 0 Å². The molecule has 4 heteroatoms. The van der Waals surface area contributed by atoms with Crippen LogP contribution in [-0.4, -0.2) is 9.13 Å². The lowest BCUT2D eigenvalue weighted by Crippen LogP contribution is -2.00. The van der Waals surface area contributed by atoms with Crippen LogP contribution in [0.25, 0.3) is 75.2 Å². The Hall–Kier alpha value is -4.38. The van der Waals surface area contributed by atoms with Gasteiger partial charge in [0.1, 0.15) is 0 Å². The standard InChI is InChI=1S/C36H24N2S2/c1-21-19-27-33(37-29-15-7-3-11-23(29)24-12-4-8-16-30(24)37)36-28(20-22(2)40-36)34(35(27)39-21)38-31-17-9-5-13-25(31)26-14-6-10-18-32(26)38/h3-20H,1-2H3. The van der Waals surface area contributed by atoms with Gasteiger partial charge in [-0.15, -0.1) is 22.7 Å². The van der Waals surface area contributed by atoms with E-state index in [4.69, 9.17) is 0 Å². The van der Waals surface area contributed by atoms with E-state index in [0.29, 0.717) is 0 Å². The molecule has 9 rings (SSSR count). The molecule has 0 amide bonds. The molecule has 0 fully saturated rings. The summed E-state index contributed by atoms with van der Waals surface area (Å²) in [5, 5.41) is 7.83. The third-order valence-corrected chi connectivity index (χ3v) is 10.4. The predicted molar refractivity (Wildman–Crippen MR) is 175 cm³/mol. The van der Waals surface area contributed by atoms with Crippen molar-refractivity contribution >= 4 is 86.5 Å². The average molecular weight is 549 g/mol. The van der Waals surface area contributed by atoms with E-state index >= 15 is 0 Å². The van der Waals surface area contributed by atoms with Crippen LogP contribution >= 0.6 is 22.7 Å². The first-order chi connectivity index (χ1) is 19.7. The summed E-state index contributed by atoms with van der Waals surface area (Å²) in [6.07, 6.45) is 0. The summed E-state index contributed by atoms with van der Waals surface area (Å²) in [6, 6.07) is 40.2. The number of aromatic nitrogens is 2. The number of thiophene rings is 2. The zero-order valence-electron chi connectivity index (χ0n) is 22.1. The van der Waals surface area contributed by atoms with Gasteiger partial charge in [-0.2, -0.15) is 0 Å². The van der Waals surface area contributed by atoms with Crippen molar-refractivity contribution in [2.45, 2.75) is 13.8 Å². The van der Waals surface area contributed by atoms with Gasteiger partial charge in [0, 0.05) is 42.1 Å². The van der Waals surface area contributed by atoms with Gasteiger partial charge in [0.2, 0.25) is 0 Å².